The summed E-state index contributed by atoms with van der Waals surface area (Å²) < 4.78 is 0. The lowest BCUT2D eigenvalue weighted by molar-refractivity contribution is -0.149. The average Bonchev–Trinajstić information content (AvgIpc) is 2.62. The van der Waals surface area contributed by atoms with Crippen LogP contribution >= 0.6 is 0 Å². The normalized spacial score (nSPS) is 11.9. The van der Waals surface area contributed by atoms with Gasteiger partial charge in [0.2, 0.25) is 5.91 Å². The summed E-state index contributed by atoms with van der Waals surface area (Å²) in [6.45, 7) is 1.28. The summed E-state index contributed by atoms with van der Waals surface area (Å²) in [5.41, 5.74) is 0. The number of amides is 1. The van der Waals surface area contributed by atoms with Gasteiger partial charge in [0, 0.05) is 13.0 Å². The largest absolute Gasteiger partial charge is 0.480 e. The number of carboxylic acids is 3. The van der Waals surface area contributed by atoms with Crippen LogP contribution in [0.25, 0.3) is 0 Å². The third kappa shape index (κ3) is 15.4. The first-order chi connectivity index (χ1) is 13.8. The maximum Gasteiger partial charge on any atom is 0.320 e. The predicted molar refractivity (Wildman–Crippen MR) is 108 cm³/mol. The summed E-state index contributed by atoms with van der Waals surface area (Å²) in [5, 5.41) is 29.8. The Morgan fingerprint density at radius 3 is 1.86 bits per heavy atom. The molecule has 0 rings (SSSR count). The maximum absolute atomic E-state index is 11.8. The van der Waals surface area contributed by atoms with E-state index in [0.717, 1.165) is 24.2 Å². The van der Waals surface area contributed by atoms with Crippen molar-refractivity contribution in [2.24, 2.45) is 0 Å². The first-order valence-corrected chi connectivity index (χ1v) is 10.4. The van der Waals surface area contributed by atoms with Crippen LogP contribution in [0.1, 0.15) is 77.6 Å². The topological polar surface area (TPSA) is 144 Å². The number of nitrogens with zero attached hydrogens (tertiary/aromatic N) is 1. The second kappa shape index (κ2) is 16.8. The zero-order valence-electron chi connectivity index (χ0n) is 17.4. The SMILES string of the molecule is CCCCCCCCCC(=O)NCCCCC(C(=O)O)N(CC(=O)O)CC(=O)O. The highest BCUT2D eigenvalue weighted by Crippen LogP contribution is 2.10. The Hall–Kier alpha value is -2.16. The third-order valence-corrected chi connectivity index (χ3v) is 4.64. The van der Waals surface area contributed by atoms with Crippen LogP contribution in [0.15, 0.2) is 0 Å². The van der Waals surface area contributed by atoms with Gasteiger partial charge in [0.05, 0.1) is 13.1 Å². The number of carboxylic acid groups (broad SMARTS) is 3. The van der Waals surface area contributed by atoms with Gasteiger partial charge >= 0.3 is 17.9 Å². The van der Waals surface area contributed by atoms with Crippen LogP contribution in [0.4, 0.5) is 0 Å². The van der Waals surface area contributed by atoms with E-state index in [9.17, 15) is 24.3 Å². The molecule has 29 heavy (non-hydrogen) atoms. The quantitative estimate of drug-likeness (QED) is 0.235. The molecule has 0 aromatic carbocycles. The molecule has 0 fully saturated rings. The first kappa shape index (κ1) is 26.8. The van der Waals surface area contributed by atoms with Gasteiger partial charge in [-0.1, -0.05) is 45.4 Å². The Bertz CT molecular complexity index is 495. The second-order valence-corrected chi connectivity index (χ2v) is 7.26. The molecule has 1 atom stereocenters. The molecule has 0 aliphatic carbocycles. The van der Waals surface area contributed by atoms with Crippen LogP contribution in [0.3, 0.4) is 0 Å². The highest BCUT2D eigenvalue weighted by atomic mass is 16.4. The van der Waals surface area contributed by atoms with E-state index in [0.29, 0.717) is 25.8 Å². The number of hydrogen-bond donors (Lipinski definition) is 4. The predicted octanol–water partition coefficient (Wildman–Crippen LogP) is 2.34. The molecule has 0 radical (unpaired) electrons. The fraction of sp³-hybridized carbons (Fsp3) is 0.800. The third-order valence-electron chi connectivity index (χ3n) is 4.64. The molecule has 0 aliphatic heterocycles. The van der Waals surface area contributed by atoms with E-state index in [1.165, 1.54) is 25.7 Å². The fourth-order valence-electron chi connectivity index (χ4n) is 3.11. The van der Waals surface area contributed by atoms with Gasteiger partial charge in [0.15, 0.2) is 0 Å². The van der Waals surface area contributed by atoms with Gasteiger partial charge in [0.1, 0.15) is 6.04 Å². The Morgan fingerprint density at radius 2 is 1.34 bits per heavy atom. The summed E-state index contributed by atoms with van der Waals surface area (Å²) in [4.78, 5) is 45.9. The zero-order valence-corrected chi connectivity index (χ0v) is 17.4. The van der Waals surface area contributed by atoms with Crippen LogP contribution in [0, 0.1) is 0 Å². The number of aliphatic carboxylic acids is 3. The Morgan fingerprint density at radius 1 is 0.793 bits per heavy atom. The molecule has 0 bridgehead atoms. The average molecular weight is 417 g/mol. The van der Waals surface area contributed by atoms with E-state index in [1.807, 2.05) is 0 Å². The van der Waals surface area contributed by atoms with Crippen molar-refractivity contribution in [2.45, 2.75) is 83.6 Å². The molecule has 1 unspecified atom stereocenters. The molecule has 0 aromatic rings. The van der Waals surface area contributed by atoms with Gasteiger partial charge in [-0.25, -0.2) is 0 Å². The van der Waals surface area contributed by atoms with Crippen LogP contribution < -0.4 is 5.32 Å². The molecule has 0 heterocycles. The van der Waals surface area contributed by atoms with E-state index in [2.05, 4.69) is 12.2 Å². The Labute approximate surface area is 172 Å². The lowest BCUT2D eigenvalue weighted by Gasteiger charge is -2.25. The number of rotatable bonds is 19. The van der Waals surface area contributed by atoms with Crippen LogP contribution in [-0.2, 0) is 19.2 Å². The van der Waals surface area contributed by atoms with E-state index < -0.39 is 37.0 Å². The van der Waals surface area contributed by atoms with E-state index >= 15 is 0 Å². The fourth-order valence-corrected chi connectivity index (χ4v) is 3.11. The van der Waals surface area contributed by atoms with Crippen LogP contribution in [-0.4, -0.2) is 69.7 Å². The van der Waals surface area contributed by atoms with Gasteiger partial charge in [0.25, 0.3) is 0 Å². The smallest absolute Gasteiger partial charge is 0.320 e. The molecule has 1 amide bonds. The molecule has 9 nitrogen and oxygen atoms in total. The minimum Gasteiger partial charge on any atom is -0.480 e. The van der Waals surface area contributed by atoms with Crippen LogP contribution in [0.2, 0.25) is 0 Å². The molecule has 0 saturated heterocycles. The highest BCUT2D eigenvalue weighted by molar-refractivity contribution is 5.78. The van der Waals surface area contributed by atoms with Gasteiger partial charge in [-0.3, -0.25) is 24.1 Å². The monoisotopic (exact) mass is 416 g/mol. The number of hydrogen-bond acceptors (Lipinski definition) is 5. The Balaban J connectivity index is 4.05. The van der Waals surface area contributed by atoms with E-state index in [4.69, 9.17) is 10.2 Å². The first-order valence-electron chi connectivity index (χ1n) is 10.4. The molecule has 9 heteroatoms. The van der Waals surface area contributed by atoms with E-state index in [1.54, 1.807) is 0 Å². The summed E-state index contributed by atoms with van der Waals surface area (Å²) in [7, 11) is 0. The molecular weight excluding hydrogens is 380 g/mol. The highest BCUT2D eigenvalue weighted by Gasteiger charge is 2.28. The van der Waals surface area contributed by atoms with Crippen molar-refractivity contribution < 1.29 is 34.5 Å². The van der Waals surface area contributed by atoms with Gasteiger partial charge in [-0.2, -0.15) is 0 Å². The summed E-state index contributed by atoms with van der Waals surface area (Å²) >= 11 is 0. The minimum absolute atomic E-state index is 0.0216. The van der Waals surface area contributed by atoms with Crippen molar-refractivity contribution in [3.8, 4) is 0 Å². The molecule has 4 N–H and O–H groups in total. The second-order valence-electron chi connectivity index (χ2n) is 7.26. The van der Waals surface area contributed by atoms with Crippen molar-refractivity contribution in [1.82, 2.24) is 10.2 Å². The zero-order chi connectivity index (χ0) is 22.1. The number of carbonyl (C=O) groups is 4. The van der Waals surface area contributed by atoms with Gasteiger partial charge in [-0.15, -0.1) is 0 Å². The standard InChI is InChI=1S/C20H36N2O7/c1-2-3-4-5-6-7-8-12-17(23)21-13-10-9-11-16(20(28)29)22(14-18(24)25)15-19(26)27/h16H,2-15H2,1H3,(H,21,23)(H,24,25)(H,26,27)(H,28,29). The molecule has 0 aliphatic rings. The number of unbranched alkanes of at least 4 members (excludes halogenated alkanes) is 7. The number of nitrogens with one attached hydrogen (secondary N) is 1. The number of carbonyl (C=O) groups excluding carboxylic acids is 1. The van der Waals surface area contributed by atoms with Crippen LogP contribution in [0.5, 0.6) is 0 Å². The van der Waals surface area contributed by atoms with Gasteiger partial charge < -0.3 is 20.6 Å². The molecule has 0 saturated carbocycles. The van der Waals surface area contributed by atoms with Crippen molar-refractivity contribution in [2.75, 3.05) is 19.6 Å². The Kier molecular flexibility index (Phi) is 15.5. The maximum atomic E-state index is 11.8. The summed E-state index contributed by atoms with van der Waals surface area (Å²) in [6, 6.07) is -1.19. The minimum atomic E-state index is -1.28. The molecule has 168 valence electrons. The summed E-state index contributed by atoms with van der Waals surface area (Å²) in [6.07, 6.45) is 9.55. The van der Waals surface area contributed by atoms with Gasteiger partial charge in [-0.05, 0) is 25.7 Å². The summed E-state index contributed by atoms with van der Waals surface area (Å²) in [5.74, 6) is -3.84. The van der Waals surface area contributed by atoms with Crippen molar-refractivity contribution in [3.63, 3.8) is 0 Å². The molecule has 0 aromatic heterocycles. The molecular formula is C20H36N2O7. The van der Waals surface area contributed by atoms with Crippen molar-refractivity contribution in [3.05, 3.63) is 0 Å². The van der Waals surface area contributed by atoms with Crippen molar-refractivity contribution >= 4 is 23.8 Å². The lowest BCUT2D eigenvalue weighted by Crippen LogP contribution is -2.46. The lowest BCUT2D eigenvalue weighted by atomic mass is 10.1. The van der Waals surface area contributed by atoms with E-state index in [-0.39, 0.29) is 12.3 Å². The molecule has 0 spiro atoms. The van der Waals surface area contributed by atoms with Crippen molar-refractivity contribution in [1.29, 1.82) is 0 Å².